The van der Waals surface area contributed by atoms with Gasteiger partial charge >= 0.3 is 12.1 Å². The van der Waals surface area contributed by atoms with E-state index in [0.717, 1.165) is 23.4 Å². The molecule has 0 aliphatic carbocycles. The van der Waals surface area contributed by atoms with Gasteiger partial charge in [0.05, 0.1) is 11.8 Å². The zero-order chi connectivity index (χ0) is 21.2. The number of aromatic nitrogens is 2. The van der Waals surface area contributed by atoms with Crippen LogP contribution in [0.3, 0.4) is 0 Å². The topological polar surface area (TPSA) is 71.6 Å². The molecule has 0 aliphatic rings. The van der Waals surface area contributed by atoms with Crippen LogP contribution in [0, 0.1) is 11.6 Å². The Morgan fingerprint density at radius 3 is 2.48 bits per heavy atom. The third kappa shape index (κ3) is 4.45. The zero-order valence-corrected chi connectivity index (χ0v) is 14.6. The molecule has 6 nitrogen and oxygen atoms in total. The minimum absolute atomic E-state index is 0.0466. The van der Waals surface area contributed by atoms with Gasteiger partial charge in [-0.3, -0.25) is 4.79 Å². The van der Waals surface area contributed by atoms with Crippen LogP contribution in [0.25, 0.3) is 11.4 Å². The van der Waals surface area contributed by atoms with Crippen LogP contribution in [0.2, 0.25) is 0 Å². The molecule has 0 N–H and O–H groups in total. The molecule has 0 saturated heterocycles. The monoisotopic (exact) mass is 410 g/mol. The molecule has 1 amide bonds. The molecule has 0 aliphatic heterocycles. The van der Waals surface area contributed by atoms with E-state index in [0.29, 0.717) is 0 Å². The van der Waals surface area contributed by atoms with Crippen LogP contribution in [0.4, 0.5) is 22.0 Å². The van der Waals surface area contributed by atoms with Crippen molar-refractivity contribution < 1.29 is 31.3 Å². The minimum atomic E-state index is -4.81. The molecule has 3 aromatic rings. The van der Waals surface area contributed by atoms with Gasteiger partial charge in [-0.25, -0.2) is 13.8 Å². The second-order valence-corrected chi connectivity index (χ2v) is 5.71. The number of amides is 1. The van der Waals surface area contributed by atoms with Gasteiger partial charge in [0.25, 0.3) is 5.91 Å². The summed E-state index contributed by atoms with van der Waals surface area (Å²) in [5.74, 6) is -4.31. The number of benzene rings is 2. The van der Waals surface area contributed by atoms with Crippen molar-refractivity contribution in [3.05, 3.63) is 71.1 Å². The highest BCUT2D eigenvalue weighted by atomic mass is 19.4. The minimum Gasteiger partial charge on any atom is -0.329 e. The highest BCUT2D eigenvalue weighted by molar-refractivity contribution is 5.95. The lowest BCUT2D eigenvalue weighted by molar-refractivity contribution is -0.159. The van der Waals surface area contributed by atoms with E-state index in [1.165, 1.54) is 37.4 Å². The largest absolute Gasteiger partial charge is 0.471 e. The molecule has 2 aromatic carbocycles. The fourth-order valence-electron chi connectivity index (χ4n) is 2.24. The number of alkyl halides is 3. The van der Waals surface area contributed by atoms with Crippen molar-refractivity contribution >= 4 is 12.1 Å². The average Bonchev–Trinajstić information content (AvgIpc) is 3.17. The third-order valence-corrected chi connectivity index (χ3v) is 3.70. The second-order valence-electron chi connectivity index (χ2n) is 5.71. The molecule has 29 heavy (non-hydrogen) atoms. The van der Waals surface area contributed by atoms with Gasteiger partial charge in [0.2, 0.25) is 5.82 Å². The summed E-state index contributed by atoms with van der Waals surface area (Å²) in [6.07, 6.45) is -3.80. The highest BCUT2D eigenvalue weighted by Crippen LogP contribution is 2.29. The zero-order valence-electron chi connectivity index (χ0n) is 14.6. The molecule has 150 valence electrons. The van der Waals surface area contributed by atoms with Crippen molar-refractivity contribution in [1.82, 2.24) is 15.1 Å². The Bertz CT molecular complexity index is 1080. The lowest BCUT2D eigenvalue weighted by Gasteiger charge is -2.11. The normalized spacial score (nSPS) is 11.8. The van der Waals surface area contributed by atoms with Crippen LogP contribution in [-0.4, -0.2) is 34.3 Å². The maximum atomic E-state index is 14.3. The number of carbonyl (C=O) groups is 1. The van der Waals surface area contributed by atoms with Gasteiger partial charge in [-0.15, -0.1) is 0 Å². The number of nitrogens with zero attached hydrogens (tertiary/aromatic N) is 4. The maximum Gasteiger partial charge on any atom is 0.471 e. The molecule has 0 saturated carbocycles. The molecule has 0 unspecified atom stereocenters. The average molecular weight is 410 g/mol. The van der Waals surface area contributed by atoms with Gasteiger partial charge in [0.1, 0.15) is 11.6 Å². The van der Waals surface area contributed by atoms with E-state index in [-0.39, 0.29) is 16.7 Å². The predicted octanol–water partition coefficient (Wildman–Crippen LogP) is 4.14. The van der Waals surface area contributed by atoms with Gasteiger partial charge in [0, 0.05) is 18.2 Å². The molecule has 0 bridgehead atoms. The van der Waals surface area contributed by atoms with Gasteiger partial charge in [0.15, 0.2) is 0 Å². The Balaban J connectivity index is 1.78. The Kier molecular flexibility index (Phi) is 5.39. The smallest absolute Gasteiger partial charge is 0.329 e. The Labute approximate surface area is 160 Å². The molecule has 0 fully saturated rings. The summed E-state index contributed by atoms with van der Waals surface area (Å²) in [7, 11) is 1.26. The van der Waals surface area contributed by atoms with Crippen molar-refractivity contribution in [3.8, 4) is 11.4 Å². The van der Waals surface area contributed by atoms with Crippen molar-refractivity contribution in [1.29, 1.82) is 0 Å². The van der Waals surface area contributed by atoms with Crippen LogP contribution < -0.4 is 0 Å². The first kappa shape index (κ1) is 20.1. The Hall–Kier alpha value is -3.63. The summed E-state index contributed by atoms with van der Waals surface area (Å²) in [6, 6.07) is 8.66. The first-order valence-corrected chi connectivity index (χ1v) is 7.94. The maximum absolute atomic E-state index is 14.3. The molecule has 1 aromatic heterocycles. The summed E-state index contributed by atoms with van der Waals surface area (Å²) in [6.45, 7) is 0. The Morgan fingerprint density at radius 1 is 1.14 bits per heavy atom. The van der Waals surface area contributed by atoms with Crippen molar-refractivity contribution in [3.63, 3.8) is 0 Å². The third-order valence-electron chi connectivity index (χ3n) is 3.70. The van der Waals surface area contributed by atoms with Gasteiger partial charge < -0.3 is 4.52 Å². The number of hydrogen-bond acceptors (Lipinski definition) is 5. The lowest BCUT2D eigenvalue weighted by atomic mass is 10.1. The molecule has 0 spiro atoms. The molecule has 0 radical (unpaired) electrons. The van der Waals surface area contributed by atoms with E-state index in [1.54, 1.807) is 0 Å². The van der Waals surface area contributed by atoms with E-state index in [1.807, 2.05) is 0 Å². The summed E-state index contributed by atoms with van der Waals surface area (Å²) in [5, 5.41) is 7.75. The van der Waals surface area contributed by atoms with Gasteiger partial charge in [-0.2, -0.15) is 23.3 Å². The SMILES string of the molecule is CN(/N=C/c1ccc(-c2noc(C(F)(F)F)n2)cc1F)C(=O)c1ccccc1F. The lowest BCUT2D eigenvalue weighted by Crippen LogP contribution is -2.22. The van der Waals surface area contributed by atoms with E-state index in [2.05, 4.69) is 19.8 Å². The summed E-state index contributed by atoms with van der Waals surface area (Å²) in [5.41, 5.74) is -0.322. The van der Waals surface area contributed by atoms with Crippen molar-refractivity contribution in [2.75, 3.05) is 7.05 Å². The molecular formula is C18H11F5N4O2. The van der Waals surface area contributed by atoms with E-state index in [9.17, 15) is 26.7 Å². The van der Waals surface area contributed by atoms with Gasteiger partial charge in [-0.1, -0.05) is 23.4 Å². The summed E-state index contributed by atoms with van der Waals surface area (Å²) in [4.78, 5) is 15.3. The van der Waals surface area contributed by atoms with Crippen LogP contribution >= 0.6 is 0 Å². The summed E-state index contributed by atoms with van der Waals surface area (Å²) >= 11 is 0. The molecular weight excluding hydrogens is 399 g/mol. The number of halogens is 5. The fraction of sp³-hybridized carbons (Fsp3) is 0.111. The van der Waals surface area contributed by atoms with Crippen LogP contribution in [0.5, 0.6) is 0 Å². The molecule has 3 rings (SSSR count). The van der Waals surface area contributed by atoms with Crippen LogP contribution in [0.15, 0.2) is 52.1 Å². The second kappa shape index (κ2) is 7.78. The number of rotatable bonds is 4. The standard InChI is InChI=1S/C18H11F5N4O2/c1-27(16(28)12-4-2-3-5-13(12)19)24-9-11-7-6-10(8-14(11)20)15-25-17(29-26-15)18(21,22)23/h2-9H,1H3/b24-9+. The highest BCUT2D eigenvalue weighted by Gasteiger charge is 2.38. The Morgan fingerprint density at radius 2 is 1.86 bits per heavy atom. The van der Waals surface area contributed by atoms with Crippen molar-refractivity contribution in [2.45, 2.75) is 6.18 Å². The fourth-order valence-corrected chi connectivity index (χ4v) is 2.24. The number of carbonyl (C=O) groups excluding carboxylic acids is 1. The quantitative estimate of drug-likeness (QED) is 0.368. The van der Waals surface area contributed by atoms with E-state index in [4.69, 9.17) is 0 Å². The van der Waals surface area contributed by atoms with Crippen LogP contribution in [0.1, 0.15) is 21.8 Å². The van der Waals surface area contributed by atoms with E-state index >= 15 is 0 Å². The first-order valence-electron chi connectivity index (χ1n) is 7.94. The predicted molar refractivity (Wildman–Crippen MR) is 90.8 cm³/mol. The molecule has 0 atom stereocenters. The molecule has 1 heterocycles. The summed E-state index contributed by atoms with van der Waals surface area (Å²) < 4.78 is 69.5. The molecule has 11 heteroatoms. The van der Waals surface area contributed by atoms with Crippen LogP contribution in [-0.2, 0) is 6.18 Å². The van der Waals surface area contributed by atoms with Crippen molar-refractivity contribution in [2.24, 2.45) is 5.10 Å². The number of hydrogen-bond donors (Lipinski definition) is 0. The number of hydrazone groups is 1. The first-order chi connectivity index (χ1) is 13.7. The van der Waals surface area contributed by atoms with Gasteiger partial charge in [-0.05, 0) is 24.3 Å². The van der Waals surface area contributed by atoms with E-state index < -0.39 is 35.4 Å².